The third kappa shape index (κ3) is 3.30. The molecule has 0 N–H and O–H groups in total. The number of thiol groups is 1. The number of hydrogen-bond donors (Lipinski definition) is 1. The van der Waals surface area contributed by atoms with Crippen LogP contribution in [0.4, 0.5) is 0 Å². The van der Waals surface area contributed by atoms with E-state index in [-0.39, 0.29) is 0 Å². The summed E-state index contributed by atoms with van der Waals surface area (Å²) in [5.74, 6) is 6.15. The van der Waals surface area contributed by atoms with Gasteiger partial charge in [0.25, 0.3) is 0 Å². The number of nitriles is 2. The van der Waals surface area contributed by atoms with Crippen LogP contribution >= 0.6 is 10.9 Å². The molecule has 0 saturated heterocycles. The molecule has 1 radical (unpaired) electrons. The van der Waals surface area contributed by atoms with Gasteiger partial charge in [-0.05, 0) is 24.3 Å². The molecule has 1 atom stereocenters. The first-order valence-electron chi connectivity index (χ1n) is 6.62. The molecule has 1 aliphatic heterocycles. The maximum atomic E-state index is 8.99. The fourth-order valence-electron chi connectivity index (χ4n) is 1.96. The van der Waals surface area contributed by atoms with Gasteiger partial charge < -0.3 is 0 Å². The van der Waals surface area contributed by atoms with Crippen molar-refractivity contribution < 1.29 is 0 Å². The summed E-state index contributed by atoms with van der Waals surface area (Å²) < 4.78 is 0. The maximum absolute atomic E-state index is 8.99. The molecule has 0 bridgehead atoms. The first-order chi connectivity index (χ1) is 11.3. The fourth-order valence-corrected chi connectivity index (χ4v) is 3.59. The first-order valence-corrected chi connectivity index (χ1v) is 7.96. The van der Waals surface area contributed by atoms with E-state index in [1.165, 1.54) is 12.4 Å². The Morgan fingerprint density at radius 3 is 2.35 bits per heavy atom. The van der Waals surface area contributed by atoms with Gasteiger partial charge in [0.2, 0.25) is 0 Å². The summed E-state index contributed by atoms with van der Waals surface area (Å²) in [5.41, 5.74) is 1.70. The van der Waals surface area contributed by atoms with Gasteiger partial charge in [0.05, 0.1) is 11.1 Å². The molecule has 0 aromatic carbocycles. The standard InChI is InChI=1S/C18H9N4S/c19-8-15-6-14(10-21-11-15)3-4-17-2-1-5-23(17)18-7-16(9-20)12-22-13-18/h1-2,6-7,10-13,23H. The number of nitrogens with zero attached hydrogens (tertiary/aromatic N) is 4. The highest BCUT2D eigenvalue weighted by molar-refractivity contribution is 8.22. The normalized spacial score (nSPS) is 16.6. The van der Waals surface area contributed by atoms with Crippen molar-refractivity contribution in [2.24, 2.45) is 0 Å². The second-order valence-electron chi connectivity index (χ2n) is 4.55. The van der Waals surface area contributed by atoms with Crippen LogP contribution in [0.2, 0.25) is 0 Å². The highest BCUT2D eigenvalue weighted by atomic mass is 32.2. The van der Waals surface area contributed by atoms with Crippen molar-refractivity contribution in [3.05, 3.63) is 76.1 Å². The van der Waals surface area contributed by atoms with Crippen molar-refractivity contribution in [3.8, 4) is 24.0 Å². The van der Waals surface area contributed by atoms with E-state index in [1.807, 2.05) is 24.3 Å². The monoisotopic (exact) mass is 313 g/mol. The third-order valence-corrected chi connectivity index (χ3v) is 4.91. The highest BCUT2D eigenvalue weighted by Gasteiger charge is 2.13. The lowest BCUT2D eigenvalue weighted by Gasteiger charge is -2.13. The van der Waals surface area contributed by atoms with Crippen molar-refractivity contribution in [1.82, 2.24) is 9.97 Å². The van der Waals surface area contributed by atoms with Crippen LogP contribution in [0.15, 0.2) is 58.9 Å². The smallest absolute Gasteiger partial charge is 0.101 e. The number of allylic oxidation sites excluding steroid dienone is 3. The molecule has 3 heterocycles. The van der Waals surface area contributed by atoms with Gasteiger partial charge in [0, 0.05) is 45.6 Å². The van der Waals surface area contributed by atoms with Gasteiger partial charge in [-0.2, -0.15) is 21.4 Å². The Morgan fingerprint density at radius 2 is 1.57 bits per heavy atom. The largest absolute Gasteiger partial charge is 0.262 e. The van der Waals surface area contributed by atoms with E-state index in [0.717, 1.165) is 9.80 Å². The number of pyridine rings is 2. The molecule has 0 spiro atoms. The van der Waals surface area contributed by atoms with E-state index >= 15 is 0 Å². The van der Waals surface area contributed by atoms with Crippen LogP contribution in [-0.2, 0) is 0 Å². The van der Waals surface area contributed by atoms with Crippen LogP contribution in [0.5, 0.6) is 0 Å². The van der Waals surface area contributed by atoms with Crippen LogP contribution in [-0.4, -0.2) is 9.97 Å². The highest BCUT2D eigenvalue weighted by Crippen LogP contribution is 2.47. The zero-order valence-electron chi connectivity index (χ0n) is 11.9. The summed E-state index contributed by atoms with van der Waals surface area (Å²) in [4.78, 5) is 9.96. The Balaban J connectivity index is 1.88. The van der Waals surface area contributed by atoms with Crippen LogP contribution in [0, 0.1) is 39.9 Å². The summed E-state index contributed by atoms with van der Waals surface area (Å²) in [6, 6.07) is 7.65. The third-order valence-electron chi connectivity index (χ3n) is 3.00. The van der Waals surface area contributed by atoms with Gasteiger partial charge in [0.15, 0.2) is 0 Å². The van der Waals surface area contributed by atoms with Gasteiger partial charge in [-0.25, -0.2) is 0 Å². The molecule has 23 heavy (non-hydrogen) atoms. The second-order valence-corrected chi connectivity index (χ2v) is 6.48. The Morgan fingerprint density at radius 1 is 0.870 bits per heavy atom. The average molecular weight is 313 g/mol. The van der Waals surface area contributed by atoms with Gasteiger partial charge >= 0.3 is 0 Å². The van der Waals surface area contributed by atoms with Crippen molar-refractivity contribution in [3.63, 3.8) is 0 Å². The molecule has 0 aliphatic carbocycles. The first kappa shape index (κ1) is 14.6. The molecular weight excluding hydrogens is 304 g/mol. The number of rotatable bonds is 1. The molecule has 1 aliphatic rings. The van der Waals surface area contributed by atoms with Crippen LogP contribution in [0.25, 0.3) is 0 Å². The summed E-state index contributed by atoms with van der Waals surface area (Å²) in [7, 11) is -0.850. The molecule has 2 aromatic rings. The predicted octanol–water partition coefficient (Wildman–Crippen LogP) is 2.85. The second kappa shape index (κ2) is 6.62. The number of aromatic nitrogens is 2. The quantitative estimate of drug-likeness (QED) is 0.649. The van der Waals surface area contributed by atoms with Crippen LogP contribution in [0.1, 0.15) is 16.7 Å². The van der Waals surface area contributed by atoms with Gasteiger partial charge in [-0.1, -0.05) is 11.8 Å². The van der Waals surface area contributed by atoms with Crippen LogP contribution < -0.4 is 0 Å². The minimum Gasteiger partial charge on any atom is -0.262 e. The summed E-state index contributed by atoms with van der Waals surface area (Å²) in [5, 5.41) is 21.1. The number of hydrogen-bond acceptors (Lipinski definition) is 4. The van der Waals surface area contributed by atoms with Gasteiger partial charge in [-0.3, -0.25) is 9.97 Å². The Kier molecular flexibility index (Phi) is 4.20. The minimum atomic E-state index is -0.850. The fraction of sp³-hybridized carbons (Fsp3) is 0. The zero-order chi connectivity index (χ0) is 16.1. The topological polar surface area (TPSA) is 73.4 Å². The minimum absolute atomic E-state index is 0.482. The van der Waals surface area contributed by atoms with E-state index in [1.54, 1.807) is 18.5 Å². The Hall–Kier alpha value is -3.33. The molecule has 0 saturated carbocycles. The van der Waals surface area contributed by atoms with Gasteiger partial charge in [-0.15, -0.1) is 0 Å². The molecule has 2 aromatic heterocycles. The van der Waals surface area contributed by atoms with E-state index < -0.39 is 10.9 Å². The molecule has 5 heteroatoms. The summed E-state index contributed by atoms with van der Waals surface area (Å²) in [6.07, 6.45) is 10.2. The SMILES string of the molecule is N#Cc1cncc(C#CC2=CC=[C][SH]2c2cncc(C#N)c2)c1. The lowest BCUT2D eigenvalue weighted by molar-refractivity contribution is 1.22. The lowest BCUT2D eigenvalue weighted by Crippen LogP contribution is -1.86. The Labute approximate surface area is 136 Å². The van der Waals surface area contributed by atoms with E-state index in [9.17, 15) is 0 Å². The summed E-state index contributed by atoms with van der Waals surface area (Å²) in [6.45, 7) is 0. The predicted molar refractivity (Wildman–Crippen MR) is 87.9 cm³/mol. The van der Waals surface area contributed by atoms with Crippen molar-refractivity contribution >= 4 is 10.9 Å². The molecule has 3 rings (SSSR count). The van der Waals surface area contributed by atoms with E-state index in [4.69, 9.17) is 10.5 Å². The van der Waals surface area contributed by atoms with E-state index in [0.29, 0.717) is 16.7 Å². The average Bonchev–Trinajstić information content (AvgIpc) is 3.09. The lowest BCUT2D eigenvalue weighted by atomic mass is 10.2. The van der Waals surface area contributed by atoms with Crippen LogP contribution in [0.3, 0.4) is 0 Å². The Bertz CT molecular complexity index is 965. The van der Waals surface area contributed by atoms with Gasteiger partial charge in [0.1, 0.15) is 12.1 Å². The molecule has 0 fully saturated rings. The molecule has 4 nitrogen and oxygen atoms in total. The molecule has 0 amide bonds. The van der Waals surface area contributed by atoms with Crippen molar-refractivity contribution in [2.45, 2.75) is 4.90 Å². The van der Waals surface area contributed by atoms with E-state index in [2.05, 4.69) is 33.3 Å². The molecule has 1 unspecified atom stereocenters. The van der Waals surface area contributed by atoms with Crippen molar-refractivity contribution in [1.29, 1.82) is 10.5 Å². The zero-order valence-corrected chi connectivity index (χ0v) is 12.7. The molecular formula is C18H9N4S. The molecule has 107 valence electrons. The van der Waals surface area contributed by atoms with Crippen molar-refractivity contribution in [2.75, 3.05) is 0 Å². The summed E-state index contributed by atoms with van der Waals surface area (Å²) >= 11 is 0. The maximum Gasteiger partial charge on any atom is 0.101 e.